The molecule has 106 valence electrons. The summed E-state index contributed by atoms with van der Waals surface area (Å²) >= 11 is 0. The Labute approximate surface area is 117 Å². The van der Waals surface area contributed by atoms with E-state index in [0.29, 0.717) is 18.7 Å². The highest BCUT2D eigenvalue weighted by atomic mass is 16.7. The monoisotopic (exact) mass is 274 g/mol. The van der Waals surface area contributed by atoms with Crippen molar-refractivity contribution in [1.29, 1.82) is 0 Å². The van der Waals surface area contributed by atoms with Crippen LogP contribution >= 0.6 is 0 Å². The van der Waals surface area contributed by atoms with Crippen molar-refractivity contribution in [2.45, 2.75) is 32.6 Å². The molecule has 1 fully saturated rings. The molecule has 0 atom stereocenters. The Morgan fingerprint density at radius 3 is 2.85 bits per heavy atom. The Morgan fingerprint density at radius 1 is 1.30 bits per heavy atom. The summed E-state index contributed by atoms with van der Waals surface area (Å²) < 4.78 is 12.8. The molecule has 2 heterocycles. The minimum Gasteiger partial charge on any atom is -0.353 e. The van der Waals surface area contributed by atoms with Gasteiger partial charge >= 0.3 is 0 Å². The number of nitrogens with zero attached hydrogens (tertiary/aromatic N) is 2. The molecule has 5 nitrogen and oxygen atoms in total. The smallest absolute Gasteiger partial charge is 0.272 e. The first-order valence-corrected chi connectivity index (χ1v) is 6.95. The average molecular weight is 274 g/mol. The van der Waals surface area contributed by atoms with Gasteiger partial charge in [-0.1, -0.05) is 12.1 Å². The Balaban J connectivity index is 1.89. The molecule has 0 bridgehead atoms. The summed E-state index contributed by atoms with van der Waals surface area (Å²) in [5, 5.41) is 0. The quantitative estimate of drug-likeness (QED) is 0.857. The average Bonchev–Trinajstić information content (AvgIpc) is 2.49. The summed E-state index contributed by atoms with van der Waals surface area (Å²) in [4.78, 5) is 16.6. The van der Waals surface area contributed by atoms with Crippen molar-refractivity contribution < 1.29 is 9.47 Å². The number of ether oxygens (including phenoxy) is 2. The van der Waals surface area contributed by atoms with Crippen LogP contribution in [-0.2, 0) is 16.0 Å². The number of benzene rings is 1. The third-order valence-electron chi connectivity index (χ3n) is 3.50. The van der Waals surface area contributed by atoms with Gasteiger partial charge in [-0.2, -0.15) is 0 Å². The maximum absolute atomic E-state index is 12.3. The zero-order valence-corrected chi connectivity index (χ0v) is 11.5. The van der Waals surface area contributed by atoms with Crippen molar-refractivity contribution in [2.24, 2.45) is 0 Å². The number of aryl methyl sites for hydroxylation is 2. The van der Waals surface area contributed by atoms with E-state index < -0.39 is 0 Å². The molecule has 0 spiro atoms. The number of aromatic nitrogens is 2. The summed E-state index contributed by atoms with van der Waals surface area (Å²) in [6.45, 7) is 3.79. The fourth-order valence-electron chi connectivity index (χ4n) is 2.48. The second-order valence-corrected chi connectivity index (χ2v) is 4.96. The third kappa shape index (κ3) is 2.59. The van der Waals surface area contributed by atoms with E-state index in [9.17, 15) is 4.79 Å². The number of hydrogen-bond acceptors (Lipinski definition) is 4. The van der Waals surface area contributed by atoms with Crippen molar-refractivity contribution in [1.82, 2.24) is 9.55 Å². The maximum atomic E-state index is 12.3. The van der Waals surface area contributed by atoms with E-state index >= 15 is 0 Å². The molecule has 0 unspecified atom stereocenters. The predicted molar refractivity (Wildman–Crippen MR) is 75.7 cm³/mol. The van der Waals surface area contributed by atoms with Gasteiger partial charge in [0.1, 0.15) is 5.69 Å². The lowest BCUT2D eigenvalue weighted by atomic mass is 10.2. The molecular weight excluding hydrogens is 256 g/mol. The van der Waals surface area contributed by atoms with Gasteiger partial charge in [-0.05, 0) is 25.5 Å². The summed E-state index contributed by atoms with van der Waals surface area (Å²) in [5.41, 5.74) is 2.18. The molecule has 5 heteroatoms. The van der Waals surface area contributed by atoms with Gasteiger partial charge in [-0.15, -0.1) is 0 Å². The molecular formula is C15H18N2O3. The number of hydrogen-bond donors (Lipinski definition) is 0. The van der Waals surface area contributed by atoms with E-state index in [1.54, 1.807) is 11.5 Å². The van der Waals surface area contributed by atoms with Gasteiger partial charge < -0.3 is 14.0 Å². The highest BCUT2D eigenvalue weighted by Crippen LogP contribution is 2.13. The molecule has 0 radical (unpaired) electrons. The molecule has 0 N–H and O–H groups in total. The largest absolute Gasteiger partial charge is 0.353 e. The van der Waals surface area contributed by atoms with Gasteiger partial charge in [-0.25, -0.2) is 4.98 Å². The molecule has 2 aromatic rings. The Bertz CT molecular complexity index is 660. The number of para-hydroxylation sites is 2. The molecule has 1 aromatic carbocycles. The van der Waals surface area contributed by atoms with Gasteiger partial charge in [0.25, 0.3) is 5.56 Å². The summed E-state index contributed by atoms with van der Waals surface area (Å²) in [7, 11) is 0. The first-order valence-electron chi connectivity index (χ1n) is 6.95. The Morgan fingerprint density at radius 2 is 2.05 bits per heavy atom. The molecule has 0 saturated carbocycles. The lowest BCUT2D eigenvalue weighted by molar-refractivity contribution is -0.182. The van der Waals surface area contributed by atoms with Crippen molar-refractivity contribution in [2.75, 3.05) is 13.2 Å². The van der Waals surface area contributed by atoms with E-state index in [2.05, 4.69) is 4.98 Å². The van der Waals surface area contributed by atoms with Crippen molar-refractivity contribution in [3.63, 3.8) is 0 Å². The minimum absolute atomic E-state index is 0.0421. The summed E-state index contributed by atoms with van der Waals surface area (Å²) in [6, 6.07) is 7.69. The third-order valence-corrected chi connectivity index (χ3v) is 3.50. The maximum Gasteiger partial charge on any atom is 0.272 e. The van der Waals surface area contributed by atoms with Crippen LogP contribution in [0.25, 0.3) is 11.0 Å². The molecule has 3 rings (SSSR count). The van der Waals surface area contributed by atoms with E-state index in [-0.39, 0.29) is 11.8 Å². The zero-order chi connectivity index (χ0) is 13.9. The van der Waals surface area contributed by atoms with Crippen LogP contribution in [0.1, 0.15) is 18.5 Å². The predicted octanol–water partition coefficient (Wildman–Crippen LogP) is 1.86. The first-order chi connectivity index (χ1) is 9.75. The lowest BCUT2D eigenvalue weighted by Gasteiger charge is -2.23. The molecule has 1 aromatic heterocycles. The second kappa shape index (κ2) is 5.73. The number of rotatable bonds is 3. The number of fused-ring (bicyclic) bond motifs is 1. The standard InChI is InChI=1S/C15H18N2O3/c1-11-15(18)17(8-7-14-19-9-4-10-20-14)13-6-3-2-5-12(13)16-11/h2-3,5-6,14H,4,7-10H2,1H3. The summed E-state index contributed by atoms with van der Waals surface area (Å²) in [5.74, 6) is 0. The van der Waals surface area contributed by atoms with Crippen molar-refractivity contribution >= 4 is 11.0 Å². The van der Waals surface area contributed by atoms with E-state index in [0.717, 1.165) is 30.7 Å². The van der Waals surface area contributed by atoms with Crippen LogP contribution < -0.4 is 5.56 Å². The zero-order valence-electron chi connectivity index (χ0n) is 11.5. The molecule has 1 saturated heterocycles. The topological polar surface area (TPSA) is 53.4 Å². The molecule has 1 aliphatic rings. The molecule has 20 heavy (non-hydrogen) atoms. The van der Waals surface area contributed by atoms with Crippen LogP contribution in [0.4, 0.5) is 0 Å². The van der Waals surface area contributed by atoms with Crippen LogP contribution in [0.3, 0.4) is 0 Å². The molecule has 0 amide bonds. The van der Waals surface area contributed by atoms with Crippen LogP contribution in [0.5, 0.6) is 0 Å². The highest BCUT2D eigenvalue weighted by molar-refractivity contribution is 5.74. The van der Waals surface area contributed by atoms with E-state index in [4.69, 9.17) is 9.47 Å². The van der Waals surface area contributed by atoms with Gasteiger partial charge in [0.2, 0.25) is 0 Å². The first kappa shape index (κ1) is 13.3. The van der Waals surface area contributed by atoms with Gasteiger partial charge in [0.15, 0.2) is 6.29 Å². The summed E-state index contributed by atoms with van der Waals surface area (Å²) in [6.07, 6.45) is 1.41. The Kier molecular flexibility index (Phi) is 3.80. The van der Waals surface area contributed by atoms with Gasteiger partial charge in [0, 0.05) is 13.0 Å². The van der Waals surface area contributed by atoms with Crippen molar-refractivity contribution in [3.05, 3.63) is 40.3 Å². The van der Waals surface area contributed by atoms with Crippen LogP contribution in [-0.4, -0.2) is 29.1 Å². The van der Waals surface area contributed by atoms with Crippen LogP contribution in [0, 0.1) is 6.92 Å². The Hall–Kier alpha value is -1.72. The molecule has 0 aliphatic carbocycles. The SMILES string of the molecule is Cc1nc2ccccc2n(CCC2OCCCO2)c1=O. The van der Waals surface area contributed by atoms with E-state index in [1.807, 2.05) is 24.3 Å². The molecule has 1 aliphatic heterocycles. The van der Waals surface area contributed by atoms with Crippen molar-refractivity contribution in [3.8, 4) is 0 Å². The van der Waals surface area contributed by atoms with Gasteiger partial charge in [-0.3, -0.25) is 4.79 Å². The lowest BCUT2D eigenvalue weighted by Crippen LogP contribution is -2.30. The second-order valence-electron chi connectivity index (χ2n) is 4.96. The highest BCUT2D eigenvalue weighted by Gasteiger charge is 2.15. The fourth-order valence-corrected chi connectivity index (χ4v) is 2.48. The fraction of sp³-hybridized carbons (Fsp3) is 0.467. The van der Waals surface area contributed by atoms with E-state index in [1.165, 1.54) is 0 Å². The van der Waals surface area contributed by atoms with Crippen LogP contribution in [0.2, 0.25) is 0 Å². The normalized spacial score (nSPS) is 16.6. The van der Waals surface area contributed by atoms with Crippen LogP contribution in [0.15, 0.2) is 29.1 Å². The minimum atomic E-state index is -0.206. The van der Waals surface area contributed by atoms with Gasteiger partial charge in [0.05, 0.1) is 24.2 Å².